The number of para-hydroxylation sites is 1. The first-order valence-electron chi connectivity index (χ1n) is 8.26. The second kappa shape index (κ2) is 8.64. The summed E-state index contributed by atoms with van der Waals surface area (Å²) in [4.78, 5) is 11.7. The Morgan fingerprint density at radius 2 is 1.85 bits per heavy atom. The molecule has 26 heavy (non-hydrogen) atoms. The molecule has 0 bridgehead atoms. The minimum Gasteiger partial charge on any atom is -0.456 e. The summed E-state index contributed by atoms with van der Waals surface area (Å²) in [5.74, 6) is 7.20. The van der Waals surface area contributed by atoms with Crippen molar-refractivity contribution in [1.29, 1.82) is 0 Å². The fourth-order valence-electron chi connectivity index (χ4n) is 1.99. The van der Waals surface area contributed by atoms with Crippen LogP contribution in [-0.4, -0.2) is 17.7 Å². The minimum atomic E-state index is -0.542. The van der Waals surface area contributed by atoms with Crippen LogP contribution in [0.15, 0.2) is 48.5 Å². The predicted octanol–water partition coefficient (Wildman–Crippen LogP) is 5.40. The number of hydrogen-bond donors (Lipinski definition) is 1. The Kier molecular flexibility index (Phi) is 6.54. The van der Waals surface area contributed by atoms with Crippen LogP contribution in [0.4, 0.5) is 4.79 Å². The van der Waals surface area contributed by atoms with Gasteiger partial charge in [-0.3, -0.25) is 0 Å². The third-order valence-corrected chi connectivity index (χ3v) is 3.36. The summed E-state index contributed by atoms with van der Waals surface area (Å²) >= 11 is 6.27. The summed E-state index contributed by atoms with van der Waals surface area (Å²) in [5.41, 5.74) is 0.188. The lowest BCUT2D eigenvalue weighted by Crippen LogP contribution is -2.37. The Balaban J connectivity index is 1.99. The molecule has 0 aliphatic heterocycles. The molecular weight excluding hydrogens is 350 g/mol. The summed E-state index contributed by atoms with van der Waals surface area (Å²) in [6, 6.07) is 14.4. The molecule has 2 aromatic carbocycles. The van der Waals surface area contributed by atoms with E-state index in [1.165, 1.54) is 0 Å². The maximum Gasteiger partial charge on any atom is 0.408 e. The lowest BCUT2D eigenvalue weighted by Gasteiger charge is -2.20. The monoisotopic (exact) mass is 371 g/mol. The highest BCUT2D eigenvalue weighted by atomic mass is 35.5. The molecule has 1 N–H and O–H groups in total. The largest absolute Gasteiger partial charge is 0.456 e. The smallest absolute Gasteiger partial charge is 0.408 e. The Morgan fingerprint density at radius 1 is 1.15 bits per heavy atom. The van der Waals surface area contributed by atoms with Crippen LogP contribution in [0.5, 0.6) is 11.5 Å². The molecule has 0 heterocycles. The molecule has 5 heteroatoms. The molecule has 2 rings (SSSR count). The Labute approximate surface area is 159 Å². The van der Waals surface area contributed by atoms with Gasteiger partial charge in [-0.25, -0.2) is 4.79 Å². The van der Waals surface area contributed by atoms with E-state index in [0.29, 0.717) is 16.5 Å². The number of hydrogen-bond acceptors (Lipinski definition) is 3. The standard InChI is InChI=1S/C21H22ClNO3/c1-15(23-20(24)26-21(2,3)4)10-11-16-12-13-19(18(22)14-16)25-17-8-6-5-7-9-17/h5-9,12-15H,1-4H3,(H,23,24). The minimum absolute atomic E-state index is 0.358. The zero-order valence-electron chi connectivity index (χ0n) is 15.3. The van der Waals surface area contributed by atoms with Gasteiger partial charge in [0, 0.05) is 5.56 Å². The number of benzene rings is 2. The van der Waals surface area contributed by atoms with Gasteiger partial charge in [0.1, 0.15) is 17.1 Å². The molecule has 0 saturated carbocycles. The van der Waals surface area contributed by atoms with Gasteiger partial charge >= 0.3 is 6.09 Å². The summed E-state index contributed by atoms with van der Waals surface area (Å²) in [7, 11) is 0. The highest BCUT2D eigenvalue weighted by Gasteiger charge is 2.16. The van der Waals surface area contributed by atoms with Gasteiger partial charge in [0.05, 0.1) is 11.1 Å². The van der Waals surface area contributed by atoms with Crippen molar-refractivity contribution in [2.75, 3.05) is 0 Å². The Hall–Kier alpha value is -2.64. The SMILES string of the molecule is CC(C#Cc1ccc(Oc2ccccc2)c(Cl)c1)NC(=O)OC(C)(C)C. The van der Waals surface area contributed by atoms with Crippen LogP contribution >= 0.6 is 11.6 Å². The molecule has 1 atom stereocenters. The van der Waals surface area contributed by atoms with E-state index in [1.54, 1.807) is 19.1 Å². The maximum absolute atomic E-state index is 11.7. The Bertz CT molecular complexity index is 817. The third-order valence-electron chi connectivity index (χ3n) is 3.07. The topological polar surface area (TPSA) is 47.6 Å². The van der Waals surface area contributed by atoms with Crippen molar-refractivity contribution in [2.45, 2.75) is 39.3 Å². The molecule has 1 amide bonds. The highest BCUT2D eigenvalue weighted by Crippen LogP contribution is 2.29. The van der Waals surface area contributed by atoms with Crippen molar-refractivity contribution in [3.63, 3.8) is 0 Å². The molecule has 0 saturated heterocycles. The summed E-state index contributed by atoms with van der Waals surface area (Å²) < 4.78 is 10.9. The zero-order chi connectivity index (χ0) is 19.2. The number of carbonyl (C=O) groups is 1. The van der Waals surface area contributed by atoms with Gasteiger partial charge in [0.2, 0.25) is 0 Å². The molecule has 4 nitrogen and oxygen atoms in total. The van der Waals surface area contributed by atoms with Crippen LogP contribution < -0.4 is 10.1 Å². The van der Waals surface area contributed by atoms with Crippen molar-refractivity contribution < 1.29 is 14.3 Å². The lowest BCUT2D eigenvalue weighted by atomic mass is 10.2. The second-order valence-corrected chi connectivity index (χ2v) is 7.10. The first kappa shape index (κ1) is 19.7. The van der Waals surface area contributed by atoms with Gasteiger partial charge in [-0.05, 0) is 58.0 Å². The summed E-state index contributed by atoms with van der Waals surface area (Å²) in [5, 5.41) is 3.14. The fraction of sp³-hybridized carbons (Fsp3) is 0.286. The van der Waals surface area contributed by atoms with Crippen molar-refractivity contribution in [3.05, 3.63) is 59.1 Å². The summed E-state index contributed by atoms with van der Waals surface area (Å²) in [6.45, 7) is 7.21. The Morgan fingerprint density at radius 3 is 2.46 bits per heavy atom. The van der Waals surface area contributed by atoms with Crippen molar-refractivity contribution in [3.8, 4) is 23.3 Å². The van der Waals surface area contributed by atoms with Crippen molar-refractivity contribution >= 4 is 17.7 Å². The average Bonchev–Trinajstić information content (AvgIpc) is 2.54. The number of rotatable bonds is 3. The summed E-state index contributed by atoms with van der Waals surface area (Å²) in [6.07, 6.45) is -0.496. The van der Waals surface area contributed by atoms with Gasteiger partial charge < -0.3 is 14.8 Å². The van der Waals surface area contributed by atoms with Gasteiger partial charge in [-0.2, -0.15) is 0 Å². The number of ether oxygens (including phenoxy) is 2. The van der Waals surface area contributed by atoms with E-state index in [0.717, 1.165) is 5.56 Å². The molecule has 0 aliphatic carbocycles. The number of amides is 1. The third kappa shape index (κ3) is 6.70. The molecule has 0 fully saturated rings. The van der Waals surface area contributed by atoms with Gasteiger partial charge in [0.25, 0.3) is 0 Å². The van der Waals surface area contributed by atoms with Crippen LogP contribution in [0.3, 0.4) is 0 Å². The van der Waals surface area contributed by atoms with E-state index in [1.807, 2.05) is 57.2 Å². The van der Waals surface area contributed by atoms with Crippen LogP contribution in [0.1, 0.15) is 33.3 Å². The van der Waals surface area contributed by atoms with Crippen LogP contribution in [0.25, 0.3) is 0 Å². The maximum atomic E-state index is 11.7. The lowest BCUT2D eigenvalue weighted by molar-refractivity contribution is 0.0519. The molecule has 1 unspecified atom stereocenters. The first-order valence-corrected chi connectivity index (χ1v) is 8.64. The molecule has 136 valence electrons. The van der Waals surface area contributed by atoms with E-state index in [2.05, 4.69) is 17.2 Å². The molecule has 0 radical (unpaired) electrons. The van der Waals surface area contributed by atoms with Gasteiger partial charge in [-0.1, -0.05) is 41.6 Å². The van der Waals surface area contributed by atoms with E-state index in [-0.39, 0.29) is 6.04 Å². The number of halogens is 1. The van der Waals surface area contributed by atoms with Crippen molar-refractivity contribution in [1.82, 2.24) is 5.32 Å². The van der Waals surface area contributed by atoms with Gasteiger partial charge in [0.15, 0.2) is 0 Å². The second-order valence-electron chi connectivity index (χ2n) is 6.70. The van der Waals surface area contributed by atoms with E-state index in [9.17, 15) is 4.79 Å². The van der Waals surface area contributed by atoms with Crippen LogP contribution in [0, 0.1) is 11.8 Å². The highest BCUT2D eigenvalue weighted by molar-refractivity contribution is 6.32. The predicted molar refractivity (Wildman–Crippen MR) is 104 cm³/mol. The normalized spacial score (nSPS) is 11.7. The van der Waals surface area contributed by atoms with E-state index >= 15 is 0 Å². The van der Waals surface area contributed by atoms with Crippen LogP contribution in [0.2, 0.25) is 5.02 Å². The van der Waals surface area contributed by atoms with Crippen LogP contribution in [-0.2, 0) is 4.74 Å². The number of alkyl carbamates (subject to hydrolysis) is 1. The fourth-order valence-corrected chi connectivity index (χ4v) is 2.21. The first-order chi connectivity index (χ1) is 12.2. The molecule has 2 aromatic rings. The quantitative estimate of drug-likeness (QED) is 0.735. The van der Waals surface area contributed by atoms with E-state index in [4.69, 9.17) is 21.1 Å². The van der Waals surface area contributed by atoms with E-state index < -0.39 is 11.7 Å². The molecular formula is C21H22ClNO3. The van der Waals surface area contributed by atoms with Crippen molar-refractivity contribution in [2.24, 2.45) is 0 Å². The molecule has 0 aliphatic rings. The zero-order valence-corrected chi connectivity index (χ0v) is 16.1. The number of nitrogens with one attached hydrogen (secondary N) is 1. The number of carbonyl (C=O) groups excluding carboxylic acids is 1. The molecule has 0 aromatic heterocycles. The molecule has 0 spiro atoms. The van der Waals surface area contributed by atoms with Gasteiger partial charge in [-0.15, -0.1) is 0 Å². The average molecular weight is 372 g/mol.